The lowest BCUT2D eigenvalue weighted by atomic mass is 9.71. The van der Waals surface area contributed by atoms with Crippen molar-refractivity contribution in [1.82, 2.24) is 0 Å². The summed E-state index contributed by atoms with van der Waals surface area (Å²) in [7, 11) is 0. The first-order valence-corrected chi connectivity index (χ1v) is 6.73. The highest BCUT2D eigenvalue weighted by Crippen LogP contribution is 2.50. The normalized spacial score (nSPS) is 49.9. The molecule has 0 aromatic heterocycles. The van der Waals surface area contributed by atoms with Crippen LogP contribution in [0.15, 0.2) is 11.6 Å². The van der Waals surface area contributed by atoms with Crippen LogP contribution in [0.25, 0.3) is 0 Å². The van der Waals surface area contributed by atoms with E-state index < -0.39 is 0 Å². The van der Waals surface area contributed by atoms with Crippen molar-refractivity contribution < 1.29 is 0 Å². The molecule has 4 heteroatoms. The van der Waals surface area contributed by atoms with Crippen LogP contribution in [0.2, 0.25) is 0 Å². The second kappa shape index (κ2) is 4.53. The van der Waals surface area contributed by atoms with Gasteiger partial charge < -0.3 is 0 Å². The van der Waals surface area contributed by atoms with E-state index in [-0.39, 0.29) is 15.7 Å². The molecule has 0 saturated heterocycles. The SMILES string of the molecule is C[C@]1(Cl)C[C@@](C)(/C=C/Cl)[C@H](Br)C[C@H]1Cl. The van der Waals surface area contributed by atoms with Gasteiger partial charge in [-0.3, -0.25) is 0 Å². The Morgan fingerprint density at radius 1 is 1.43 bits per heavy atom. The van der Waals surface area contributed by atoms with Crippen LogP contribution >= 0.6 is 50.7 Å². The quantitative estimate of drug-likeness (QED) is 0.602. The van der Waals surface area contributed by atoms with Gasteiger partial charge in [0.05, 0.1) is 10.3 Å². The maximum atomic E-state index is 6.38. The van der Waals surface area contributed by atoms with E-state index in [1.807, 2.05) is 13.0 Å². The summed E-state index contributed by atoms with van der Waals surface area (Å²) in [4.78, 5) is -0.0175. The lowest BCUT2D eigenvalue weighted by Gasteiger charge is -2.46. The Balaban J connectivity index is 2.89. The van der Waals surface area contributed by atoms with Gasteiger partial charge in [0, 0.05) is 15.8 Å². The fraction of sp³-hybridized carbons (Fsp3) is 0.800. The highest BCUT2D eigenvalue weighted by atomic mass is 79.9. The van der Waals surface area contributed by atoms with Crippen molar-refractivity contribution in [3.63, 3.8) is 0 Å². The topological polar surface area (TPSA) is 0 Å². The van der Waals surface area contributed by atoms with Crippen molar-refractivity contribution in [2.24, 2.45) is 5.41 Å². The van der Waals surface area contributed by atoms with Gasteiger partial charge in [-0.15, -0.1) is 23.2 Å². The van der Waals surface area contributed by atoms with Crippen LogP contribution in [0.5, 0.6) is 0 Å². The van der Waals surface area contributed by atoms with Crippen molar-refractivity contribution in [3.8, 4) is 0 Å². The van der Waals surface area contributed by atoms with Gasteiger partial charge in [-0.2, -0.15) is 0 Å². The molecule has 1 fully saturated rings. The average molecular weight is 320 g/mol. The van der Waals surface area contributed by atoms with Crippen LogP contribution in [0.4, 0.5) is 0 Å². The second-order valence-corrected chi connectivity index (χ2v) is 7.17. The zero-order valence-electron chi connectivity index (χ0n) is 8.24. The molecule has 0 nitrogen and oxygen atoms in total. The number of hydrogen-bond donors (Lipinski definition) is 0. The molecular formula is C10H14BrCl3. The minimum Gasteiger partial charge on any atom is -0.121 e. The minimum absolute atomic E-state index is 0.00495. The monoisotopic (exact) mass is 318 g/mol. The predicted molar refractivity (Wildman–Crippen MR) is 68.9 cm³/mol. The number of rotatable bonds is 1. The molecule has 4 atom stereocenters. The zero-order chi connectivity index (χ0) is 11.0. The number of hydrogen-bond acceptors (Lipinski definition) is 0. The van der Waals surface area contributed by atoms with Crippen molar-refractivity contribution in [2.75, 3.05) is 0 Å². The highest BCUT2D eigenvalue weighted by Gasteiger charge is 2.47. The summed E-state index contributed by atoms with van der Waals surface area (Å²) in [5.74, 6) is 0. The summed E-state index contributed by atoms with van der Waals surface area (Å²) in [6, 6.07) is 0. The van der Waals surface area contributed by atoms with E-state index in [4.69, 9.17) is 34.8 Å². The average Bonchev–Trinajstić information content (AvgIpc) is 2.01. The molecule has 0 heterocycles. The van der Waals surface area contributed by atoms with E-state index in [0.717, 1.165) is 12.8 Å². The van der Waals surface area contributed by atoms with Gasteiger partial charge in [0.1, 0.15) is 0 Å². The molecule has 1 aliphatic carbocycles. The van der Waals surface area contributed by atoms with Crippen LogP contribution in [0, 0.1) is 5.41 Å². The van der Waals surface area contributed by atoms with Gasteiger partial charge in [0.2, 0.25) is 0 Å². The third-order valence-electron chi connectivity index (χ3n) is 2.95. The third-order valence-corrected chi connectivity index (χ3v) is 5.67. The summed E-state index contributed by atoms with van der Waals surface area (Å²) in [5.41, 5.74) is 1.55. The standard InChI is InChI=1S/C10H14BrCl3/c1-9(3-4-12)6-10(2,14)8(13)5-7(9)11/h3-4,7-8H,5-6H2,1-2H3/b4-3+/t7-,8-,9-,10+/m1/s1. The molecule has 0 unspecified atom stereocenters. The number of allylic oxidation sites excluding steroid dienone is 1. The van der Waals surface area contributed by atoms with E-state index >= 15 is 0 Å². The first-order valence-electron chi connectivity index (χ1n) is 4.57. The van der Waals surface area contributed by atoms with Gasteiger partial charge in [0.15, 0.2) is 0 Å². The zero-order valence-corrected chi connectivity index (χ0v) is 12.1. The van der Waals surface area contributed by atoms with Crippen molar-refractivity contribution in [2.45, 2.75) is 41.8 Å². The number of alkyl halides is 3. The van der Waals surface area contributed by atoms with Crippen molar-refractivity contribution >= 4 is 50.7 Å². The van der Waals surface area contributed by atoms with E-state index in [2.05, 4.69) is 22.9 Å². The molecule has 0 bridgehead atoms. The Morgan fingerprint density at radius 3 is 2.50 bits per heavy atom. The molecule has 0 aromatic rings. The van der Waals surface area contributed by atoms with Gasteiger partial charge in [-0.1, -0.05) is 40.5 Å². The number of halogens is 4. The van der Waals surface area contributed by atoms with Crippen LogP contribution in [-0.2, 0) is 0 Å². The molecule has 0 spiro atoms. The van der Waals surface area contributed by atoms with Crippen LogP contribution in [0.1, 0.15) is 26.7 Å². The predicted octanol–water partition coefficient (Wildman–Crippen LogP) is 4.91. The Bertz CT molecular complexity index is 240. The Hall–Kier alpha value is 1.09. The van der Waals surface area contributed by atoms with Gasteiger partial charge in [-0.05, 0) is 19.8 Å². The molecule has 1 aliphatic rings. The maximum Gasteiger partial charge on any atom is 0.0590 e. The van der Waals surface area contributed by atoms with E-state index in [1.165, 1.54) is 0 Å². The van der Waals surface area contributed by atoms with Crippen LogP contribution in [-0.4, -0.2) is 15.1 Å². The first kappa shape index (κ1) is 13.2. The van der Waals surface area contributed by atoms with Crippen LogP contribution in [0.3, 0.4) is 0 Å². The molecular weight excluding hydrogens is 306 g/mol. The smallest absolute Gasteiger partial charge is 0.0590 e. The molecule has 0 radical (unpaired) electrons. The molecule has 0 amide bonds. The molecule has 14 heavy (non-hydrogen) atoms. The Kier molecular flexibility index (Phi) is 4.26. The summed E-state index contributed by atoms with van der Waals surface area (Å²) in [5, 5.41) is 0.00495. The summed E-state index contributed by atoms with van der Waals surface area (Å²) >= 11 is 21.9. The van der Waals surface area contributed by atoms with Crippen molar-refractivity contribution in [1.29, 1.82) is 0 Å². The van der Waals surface area contributed by atoms with Crippen LogP contribution < -0.4 is 0 Å². The minimum atomic E-state index is -0.350. The van der Waals surface area contributed by atoms with E-state index in [9.17, 15) is 0 Å². The maximum absolute atomic E-state index is 6.38. The second-order valence-electron chi connectivity index (χ2n) is 4.42. The molecule has 0 N–H and O–H groups in total. The lowest BCUT2D eigenvalue weighted by Crippen LogP contribution is -2.46. The summed E-state index contributed by atoms with van der Waals surface area (Å²) < 4.78 is 0. The lowest BCUT2D eigenvalue weighted by molar-refractivity contribution is 0.260. The first-order chi connectivity index (χ1) is 6.32. The van der Waals surface area contributed by atoms with Crippen molar-refractivity contribution in [3.05, 3.63) is 11.6 Å². The van der Waals surface area contributed by atoms with E-state index in [0.29, 0.717) is 4.83 Å². The molecule has 82 valence electrons. The van der Waals surface area contributed by atoms with Gasteiger partial charge in [0.25, 0.3) is 0 Å². The molecule has 1 rings (SSSR count). The van der Waals surface area contributed by atoms with Gasteiger partial charge >= 0.3 is 0 Å². The fourth-order valence-electron chi connectivity index (χ4n) is 1.97. The fourth-order valence-corrected chi connectivity index (χ4v) is 3.79. The molecule has 0 aliphatic heterocycles. The summed E-state index contributed by atoms with van der Waals surface area (Å²) in [6.45, 7) is 4.14. The molecule has 0 aromatic carbocycles. The van der Waals surface area contributed by atoms with Gasteiger partial charge in [-0.25, -0.2) is 0 Å². The Morgan fingerprint density at radius 2 is 2.00 bits per heavy atom. The summed E-state index contributed by atoms with van der Waals surface area (Å²) in [6.07, 6.45) is 3.69. The Labute approximate surface area is 109 Å². The largest absolute Gasteiger partial charge is 0.121 e. The van der Waals surface area contributed by atoms with E-state index in [1.54, 1.807) is 5.54 Å². The third kappa shape index (κ3) is 2.61. The molecule has 1 saturated carbocycles. The highest BCUT2D eigenvalue weighted by molar-refractivity contribution is 9.09.